The number of rotatable bonds is 4. The quantitative estimate of drug-likeness (QED) is 0.266. The van der Waals surface area contributed by atoms with Crippen molar-refractivity contribution >= 4 is 16.8 Å². The molecule has 1 saturated heterocycles. The van der Waals surface area contributed by atoms with E-state index in [1.807, 2.05) is 20.8 Å². The Kier molecular flexibility index (Phi) is 8.83. The molecule has 176 valence electrons. The highest BCUT2D eigenvalue weighted by atomic mass is 32.2. The van der Waals surface area contributed by atoms with Crippen molar-refractivity contribution in [1.82, 2.24) is 9.73 Å². The Morgan fingerprint density at radius 3 is 2.19 bits per heavy atom. The van der Waals surface area contributed by atoms with Gasteiger partial charge in [-0.05, 0) is 69.0 Å². The van der Waals surface area contributed by atoms with Gasteiger partial charge in [0.2, 0.25) is 0 Å². The monoisotopic (exact) mass is 471 g/mol. The lowest BCUT2D eigenvalue weighted by atomic mass is 10.0. The van der Waals surface area contributed by atoms with E-state index in [0.29, 0.717) is 28.0 Å². The zero-order valence-electron chi connectivity index (χ0n) is 18.9. The lowest BCUT2D eigenvalue weighted by Gasteiger charge is -2.30. The Morgan fingerprint density at radius 1 is 1.09 bits per heavy atom. The molecule has 1 fully saturated rings. The predicted molar refractivity (Wildman–Crippen MR) is 120 cm³/mol. The molecule has 32 heavy (non-hydrogen) atoms. The Balaban J connectivity index is 0.00000176. The van der Waals surface area contributed by atoms with Crippen molar-refractivity contribution < 1.29 is 21.8 Å². The van der Waals surface area contributed by atoms with Crippen LogP contribution in [0, 0.1) is 26.6 Å². The second-order valence-electron chi connectivity index (χ2n) is 7.42. The Bertz CT molecular complexity index is 951. The molecule has 9 heteroatoms. The number of amidine groups is 1. The van der Waals surface area contributed by atoms with Gasteiger partial charge in [0.1, 0.15) is 11.9 Å². The SMILES string of the molecule is CC.Cc1ccc(S(=O)N/N=C(\c2c(C)cc(F)cc2C)N2CCCC2C(F)(F)F)cc1. The molecule has 3 rings (SSSR count). The summed E-state index contributed by atoms with van der Waals surface area (Å²) in [6.07, 6.45) is -4.14. The number of nitrogens with one attached hydrogen (secondary N) is 1. The van der Waals surface area contributed by atoms with Gasteiger partial charge in [-0.3, -0.25) is 0 Å². The summed E-state index contributed by atoms with van der Waals surface area (Å²) < 4.78 is 67.2. The number of hydrogen-bond acceptors (Lipinski definition) is 2. The number of aryl methyl sites for hydroxylation is 3. The van der Waals surface area contributed by atoms with E-state index in [4.69, 9.17) is 0 Å². The molecule has 0 radical (unpaired) electrons. The van der Waals surface area contributed by atoms with E-state index in [9.17, 15) is 21.8 Å². The third-order valence-electron chi connectivity index (χ3n) is 5.09. The molecule has 0 aromatic heterocycles. The highest BCUT2D eigenvalue weighted by Gasteiger charge is 2.47. The minimum absolute atomic E-state index is 0.0188. The van der Waals surface area contributed by atoms with E-state index < -0.39 is 29.0 Å². The minimum atomic E-state index is -4.44. The number of alkyl halides is 3. The number of likely N-dealkylation sites (tertiary alicyclic amines) is 1. The number of benzene rings is 2. The Morgan fingerprint density at radius 2 is 1.66 bits per heavy atom. The second-order valence-corrected chi connectivity index (χ2v) is 8.61. The Labute approximate surface area is 189 Å². The zero-order valence-corrected chi connectivity index (χ0v) is 19.7. The molecule has 1 aliphatic heterocycles. The van der Waals surface area contributed by atoms with Crippen LogP contribution in [0.2, 0.25) is 0 Å². The van der Waals surface area contributed by atoms with Gasteiger partial charge in [0.05, 0.1) is 4.90 Å². The number of nitrogens with zero attached hydrogens (tertiary/aromatic N) is 2. The van der Waals surface area contributed by atoms with Crippen molar-refractivity contribution in [2.75, 3.05) is 6.54 Å². The van der Waals surface area contributed by atoms with Crippen LogP contribution in [0.25, 0.3) is 0 Å². The van der Waals surface area contributed by atoms with Crippen LogP contribution in [-0.2, 0) is 11.0 Å². The van der Waals surface area contributed by atoms with E-state index in [0.717, 1.165) is 5.56 Å². The van der Waals surface area contributed by atoms with Crippen LogP contribution in [0.3, 0.4) is 0 Å². The summed E-state index contributed by atoms with van der Waals surface area (Å²) in [5.41, 5.74) is 2.31. The Hall–Kier alpha value is -2.42. The number of hydrogen-bond donors (Lipinski definition) is 1. The van der Waals surface area contributed by atoms with Crippen LogP contribution < -0.4 is 4.83 Å². The molecule has 1 N–H and O–H groups in total. The van der Waals surface area contributed by atoms with E-state index >= 15 is 0 Å². The van der Waals surface area contributed by atoms with Crippen molar-refractivity contribution in [3.05, 3.63) is 64.5 Å². The maximum atomic E-state index is 13.8. The highest BCUT2D eigenvalue weighted by Crippen LogP contribution is 2.34. The molecule has 0 bridgehead atoms. The maximum absolute atomic E-state index is 13.8. The average Bonchev–Trinajstić information content (AvgIpc) is 3.22. The van der Waals surface area contributed by atoms with Gasteiger partial charge in [-0.2, -0.15) is 13.2 Å². The molecule has 1 heterocycles. The molecule has 0 aliphatic carbocycles. The molecule has 4 nitrogen and oxygen atoms in total. The van der Waals surface area contributed by atoms with Crippen LogP contribution in [0.5, 0.6) is 0 Å². The molecule has 0 saturated carbocycles. The first-order chi connectivity index (χ1) is 15.1. The maximum Gasteiger partial charge on any atom is 0.408 e. The van der Waals surface area contributed by atoms with Crippen LogP contribution in [0.4, 0.5) is 17.6 Å². The van der Waals surface area contributed by atoms with Crippen LogP contribution in [0.15, 0.2) is 46.4 Å². The standard InChI is InChI=1S/C21H23F4N3OS.C2H6/c1-13-6-8-17(9-7-13)30(29)27-26-20(19-14(2)11-16(22)12-15(19)3)28-10-4-5-18(28)21(23,24)25;1-2/h6-9,11-12,18,27H,4-5,10H2,1-3H3;1-2H3/b26-20+;. The topological polar surface area (TPSA) is 44.7 Å². The molecule has 2 aromatic carbocycles. The first kappa shape index (κ1) is 25.8. The molecule has 2 aromatic rings. The molecule has 0 amide bonds. The van der Waals surface area contributed by atoms with E-state index in [-0.39, 0.29) is 18.8 Å². The smallest absolute Gasteiger partial charge is 0.343 e. The van der Waals surface area contributed by atoms with E-state index in [1.54, 1.807) is 38.1 Å². The van der Waals surface area contributed by atoms with Gasteiger partial charge in [-0.15, -0.1) is 5.10 Å². The molecule has 2 atom stereocenters. The summed E-state index contributed by atoms with van der Waals surface area (Å²) >= 11 is 0. The first-order valence-corrected chi connectivity index (χ1v) is 11.6. The number of halogens is 4. The highest BCUT2D eigenvalue weighted by molar-refractivity contribution is 7.83. The van der Waals surface area contributed by atoms with Gasteiger partial charge in [0.15, 0.2) is 16.8 Å². The summed E-state index contributed by atoms with van der Waals surface area (Å²) in [6.45, 7) is 9.28. The fourth-order valence-electron chi connectivity index (χ4n) is 3.69. The summed E-state index contributed by atoms with van der Waals surface area (Å²) in [5, 5.41) is 4.16. The average molecular weight is 472 g/mol. The largest absolute Gasteiger partial charge is 0.408 e. The molecule has 2 unspecified atom stereocenters. The van der Waals surface area contributed by atoms with E-state index in [2.05, 4.69) is 9.93 Å². The predicted octanol–water partition coefficient (Wildman–Crippen LogP) is 5.78. The first-order valence-electron chi connectivity index (χ1n) is 10.5. The van der Waals surface area contributed by atoms with Crippen molar-refractivity contribution in [1.29, 1.82) is 0 Å². The molecule has 1 aliphatic rings. The van der Waals surface area contributed by atoms with Crippen LogP contribution in [-0.4, -0.2) is 33.7 Å². The molecule has 0 spiro atoms. The van der Waals surface area contributed by atoms with Crippen LogP contribution in [0.1, 0.15) is 48.9 Å². The van der Waals surface area contributed by atoms with E-state index in [1.165, 1.54) is 17.0 Å². The summed E-state index contributed by atoms with van der Waals surface area (Å²) in [4.78, 5) is 4.11. The third kappa shape index (κ3) is 6.09. The lowest BCUT2D eigenvalue weighted by Crippen LogP contribution is -2.46. The van der Waals surface area contributed by atoms with Crippen molar-refractivity contribution in [2.24, 2.45) is 5.10 Å². The van der Waals surface area contributed by atoms with Crippen LogP contribution >= 0.6 is 0 Å². The van der Waals surface area contributed by atoms with Crippen molar-refractivity contribution in [3.63, 3.8) is 0 Å². The summed E-state index contributed by atoms with van der Waals surface area (Å²) in [5.74, 6) is -0.455. The van der Waals surface area contributed by atoms with Gasteiger partial charge < -0.3 is 4.90 Å². The fraction of sp³-hybridized carbons (Fsp3) is 0.435. The molecular weight excluding hydrogens is 442 g/mol. The van der Waals surface area contributed by atoms with Gasteiger partial charge in [0, 0.05) is 12.1 Å². The van der Waals surface area contributed by atoms with Gasteiger partial charge >= 0.3 is 6.18 Å². The normalized spacial score (nSPS) is 17.6. The lowest BCUT2D eigenvalue weighted by molar-refractivity contribution is -0.166. The van der Waals surface area contributed by atoms with Crippen molar-refractivity contribution in [3.8, 4) is 0 Å². The van der Waals surface area contributed by atoms with Gasteiger partial charge in [-0.1, -0.05) is 31.5 Å². The second kappa shape index (κ2) is 10.9. The summed E-state index contributed by atoms with van der Waals surface area (Å²) in [7, 11) is -1.76. The van der Waals surface area contributed by atoms with Crippen molar-refractivity contribution in [2.45, 2.75) is 64.6 Å². The minimum Gasteiger partial charge on any atom is -0.343 e. The summed E-state index contributed by atoms with van der Waals surface area (Å²) in [6, 6.07) is 7.71. The fourth-order valence-corrected chi connectivity index (χ4v) is 4.34. The molecular formula is C23H29F4N3OS. The zero-order chi connectivity index (χ0) is 24.1. The van der Waals surface area contributed by atoms with Gasteiger partial charge in [0.25, 0.3) is 0 Å². The number of hydrazone groups is 1. The van der Waals surface area contributed by atoms with Gasteiger partial charge in [-0.25, -0.2) is 13.4 Å². The third-order valence-corrected chi connectivity index (χ3v) is 6.05.